The number of ether oxygens (including phenoxy) is 1. The first kappa shape index (κ1) is 14.8. The number of hydrazone groups is 1. The third-order valence-corrected chi connectivity index (χ3v) is 3.49. The number of nitrogens with zero attached hydrogens (tertiary/aromatic N) is 1. The SMILES string of the molecule is COc1cccc(/C=N\NC(=O)c2ccc3ccccc3c2)c1. The number of hydrogen-bond donors (Lipinski definition) is 1. The lowest BCUT2D eigenvalue weighted by Crippen LogP contribution is -2.17. The van der Waals surface area contributed by atoms with Gasteiger partial charge >= 0.3 is 0 Å². The Morgan fingerprint density at radius 2 is 1.83 bits per heavy atom. The molecule has 1 N–H and O–H groups in total. The Labute approximate surface area is 134 Å². The molecule has 3 aromatic carbocycles. The number of methoxy groups -OCH3 is 1. The minimum absolute atomic E-state index is 0.241. The van der Waals surface area contributed by atoms with E-state index < -0.39 is 0 Å². The number of carbonyl (C=O) groups excluding carboxylic acids is 1. The highest BCUT2D eigenvalue weighted by atomic mass is 16.5. The van der Waals surface area contributed by atoms with E-state index in [1.165, 1.54) is 0 Å². The van der Waals surface area contributed by atoms with Gasteiger partial charge in [0.25, 0.3) is 5.91 Å². The minimum Gasteiger partial charge on any atom is -0.497 e. The second-order valence-electron chi connectivity index (χ2n) is 5.04. The Morgan fingerprint density at radius 3 is 2.65 bits per heavy atom. The quantitative estimate of drug-likeness (QED) is 0.591. The Morgan fingerprint density at radius 1 is 1.00 bits per heavy atom. The van der Waals surface area contributed by atoms with Crippen molar-refractivity contribution < 1.29 is 9.53 Å². The molecule has 0 aromatic heterocycles. The summed E-state index contributed by atoms with van der Waals surface area (Å²) in [6.07, 6.45) is 1.58. The molecule has 1 amide bonds. The zero-order chi connectivity index (χ0) is 16.1. The maximum Gasteiger partial charge on any atom is 0.271 e. The summed E-state index contributed by atoms with van der Waals surface area (Å²) in [4.78, 5) is 12.2. The van der Waals surface area contributed by atoms with E-state index in [0.29, 0.717) is 5.56 Å². The third-order valence-electron chi connectivity index (χ3n) is 3.49. The summed E-state index contributed by atoms with van der Waals surface area (Å²) in [5.74, 6) is 0.504. The van der Waals surface area contributed by atoms with Crippen LogP contribution in [-0.2, 0) is 0 Å². The predicted octanol–water partition coefficient (Wildman–Crippen LogP) is 3.61. The fourth-order valence-electron chi connectivity index (χ4n) is 2.28. The molecule has 0 heterocycles. The molecule has 0 aliphatic rings. The molecule has 114 valence electrons. The number of hydrogen-bond acceptors (Lipinski definition) is 3. The van der Waals surface area contributed by atoms with Crippen LogP contribution in [0.5, 0.6) is 5.75 Å². The van der Waals surface area contributed by atoms with E-state index in [-0.39, 0.29) is 5.91 Å². The van der Waals surface area contributed by atoms with Crippen LogP contribution in [-0.4, -0.2) is 19.2 Å². The van der Waals surface area contributed by atoms with Crippen molar-refractivity contribution in [3.63, 3.8) is 0 Å². The van der Waals surface area contributed by atoms with E-state index in [1.54, 1.807) is 19.4 Å². The van der Waals surface area contributed by atoms with Crippen LogP contribution in [0.1, 0.15) is 15.9 Å². The summed E-state index contributed by atoms with van der Waals surface area (Å²) in [7, 11) is 1.61. The van der Waals surface area contributed by atoms with E-state index >= 15 is 0 Å². The molecule has 0 radical (unpaired) electrons. The van der Waals surface area contributed by atoms with Gasteiger partial charge in [0.15, 0.2) is 0 Å². The van der Waals surface area contributed by atoms with Crippen molar-refractivity contribution >= 4 is 22.9 Å². The van der Waals surface area contributed by atoms with Gasteiger partial charge in [0.05, 0.1) is 13.3 Å². The molecule has 0 spiro atoms. The number of fused-ring (bicyclic) bond motifs is 1. The topological polar surface area (TPSA) is 50.7 Å². The van der Waals surface area contributed by atoms with Gasteiger partial charge in [-0.2, -0.15) is 5.10 Å². The van der Waals surface area contributed by atoms with Gasteiger partial charge in [-0.15, -0.1) is 0 Å². The summed E-state index contributed by atoms with van der Waals surface area (Å²) < 4.78 is 5.14. The molecule has 0 fully saturated rings. The Kier molecular flexibility index (Phi) is 4.34. The Balaban J connectivity index is 1.71. The average molecular weight is 304 g/mol. The fraction of sp³-hybridized carbons (Fsp3) is 0.0526. The first-order valence-electron chi connectivity index (χ1n) is 7.22. The zero-order valence-corrected chi connectivity index (χ0v) is 12.7. The monoisotopic (exact) mass is 304 g/mol. The molecule has 0 aliphatic heterocycles. The summed E-state index contributed by atoms with van der Waals surface area (Å²) in [6, 6.07) is 20.9. The second-order valence-corrected chi connectivity index (χ2v) is 5.04. The van der Waals surface area contributed by atoms with Crippen molar-refractivity contribution in [3.05, 3.63) is 77.9 Å². The minimum atomic E-state index is -0.241. The van der Waals surface area contributed by atoms with Gasteiger partial charge in [-0.1, -0.05) is 42.5 Å². The summed E-state index contributed by atoms with van der Waals surface area (Å²) in [6.45, 7) is 0. The highest BCUT2D eigenvalue weighted by Gasteiger charge is 2.04. The van der Waals surface area contributed by atoms with Crippen LogP contribution in [0, 0.1) is 0 Å². The van der Waals surface area contributed by atoms with Crippen molar-refractivity contribution in [3.8, 4) is 5.75 Å². The first-order chi connectivity index (χ1) is 11.3. The number of nitrogens with one attached hydrogen (secondary N) is 1. The second kappa shape index (κ2) is 6.75. The maximum atomic E-state index is 12.2. The third kappa shape index (κ3) is 3.55. The highest BCUT2D eigenvalue weighted by Crippen LogP contribution is 2.15. The summed E-state index contributed by atoms with van der Waals surface area (Å²) in [5.41, 5.74) is 3.96. The van der Waals surface area contributed by atoms with Crippen LogP contribution in [0.3, 0.4) is 0 Å². The molecule has 3 aromatic rings. The maximum absolute atomic E-state index is 12.2. The van der Waals surface area contributed by atoms with Crippen LogP contribution < -0.4 is 10.2 Å². The summed E-state index contributed by atoms with van der Waals surface area (Å²) >= 11 is 0. The molecule has 0 saturated heterocycles. The van der Waals surface area contributed by atoms with Crippen molar-refractivity contribution in [1.82, 2.24) is 5.43 Å². The van der Waals surface area contributed by atoms with Crippen molar-refractivity contribution in [2.45, 2.75) is 0 Å². The average Bonchev–Trinajstić information content (AvgIpc) is 2.61. The molecular weight excluding hydrogens is 288 g/mol. The smallest absolute Gasteiger partial charge is 0.271 e. The standard InChI is InChI=1S/C19H16N2O2/c1-23-18-8-4-5-14(11-18)13-20-21-19(22)17-10-9-15-6-2-3-7-16(15)12-17/h2-13H,1H3,(H,21,22)/b20-13-. The number of carbonyl (C=O) groups is 1. The van der Waals surface area contributed by atoms with Crippen molar-refractivity contribution in [2.75, 3.05) is 7.11 Å². The van der Waals surface area contributed by atoms with Crippen LogP contribution in [0.15, 0.2) is 71.8 Å². The normalized spacial score (nSPS) is 10.8. The van der Waals surface area contributed by atoms with Gasteiger partial charge < -0.3 is 4.74 Å². The summed E-state index contributed by atoms with van der Waals surface area (Å²) in [5, 5.41) is 6.12. The van der Waals surface area contributed by atoms with E-state index in [9.17, 15) is 4.79 Å². The number of rotatable bonds is 4. The lowest BCUT2D eigenvalue weighted by molar-refractivity contribution is 0.0955. The predicted molar refractivity (Wildman–Crippen MR) is 92.0 cm³/mol. The molecular formula is C19H16N2O2. The Bertz CT molecular complexity index is 872. The van der Waals surface area contributed by atoms with E-state index in [0.717, 1.165) is 22.1 Å². The van der Waals surface area contributed by atoms with E-state index in [4.69, 9.17) is 4.74 Å². The lowest BCUT2D eigenvalue weighted by Gasteiger charge is -2.03. The molecule has 0 atom stereocenters. The Hall–Kier alpha value is -3.14. The van der Waals surface area contributed by atoms with Gasteiger partial charge in [-0.25, -0.2) is 5.43 Å². The lowest BCUT2D eigenvalue weighted by atomic mass is 10.1. The molecule has 0 unspecified atom stereocenters. The molecule has 23 heavy (non-hydrogen) atoms. The fourth-order valence-corrected chi connectivity index (χ4v) is 2.28. The molecule has 4 nitrogen and oxygen atoms in total. The van der Waals surface area contributed by atoms with Gasteiger partial charge in [-0.3, -0.25) is 4.79 Å². The molecule has 0 saturated carbocycles. The zero-order valence-electron chi connectivity index (χ0n) is 12.7. The molecule has 3 rings (SSSR count). The largest absolute Gasteiger partial charge is 0.497 e. The van der Waals surface area contributed by atoms with Crippen molar-refractivity contribution in [2.24, 2.45) is 5.10 Å². The van der Waals surface area contributed by atoms with Gasteiger partial charge in [0.1, 0.15) is 5.75 Å². The molecule has 4 heteroatoms. The van der Waals surface area contributed by atoms with Gasteiger partial charge in [0.2, 0.25) is 0 Å². The molecule has 0 bridgehead atoms. The highest BCUT2D eigenvalue weighted by molar-refractivity contribution is 5.98. The van der Waals surface area contributed by atoms with Crippen LogP contribution in [0.25, 0.3) is 10.8 Å². The van der Waals surface area contributed by atoms with E-state index in [1.807, 2.05) is 60.7 Å². The number of amides is 1. The van der Waals surface area contributed by atoms with Gasteiger partial charge in [0, 0.05) is 5.56 Å². The van der Waals surface area contributed by atoms with Crippen LogP contribution in [0.2, 0.25) is 0 Å². The van der Waals surface area contributed by atoms with Crippen LogP contribution >= 0.6 is 0 Å². The van der Waals surface area contributed by atoms with Crippen LogP contribution in [0.4, 0.5) is 0 Å². The van der Waals surface area contributed by atoms with Gasteiger partial charge in [-0.05, 0) is 40.6 Å². The number of benzene rings is 3. The van der Waals surface area contributed by atoms with E-state index in [2.05, 4.69) is 10.5 Å². The first-order valence-corrected chi connectivity index (χ1v) is 7.22. The molecule has 0 aliphatic carbocycles. The van der Waals surface area contributed by atoms with Crippen molar-refractivity contribution in [1.29, 1.82) is 0 Å².